The summed E-state index contributed by atoms with van der Waals surface area (Å²) >= 11 is 1.36. The Labute approximate surface area is 223 Å². The normalized spacial score (nSPS) is 11.2. The molecule has 38 heavy (non-hydrogen) atoms. The summed E-state index contributed by atoms with van der Waals surface area (Å²) in [6.07, 6.45) is 0. The molecular formula is C30H25N5O2S. The zero-order valence-corrected chi connectivity index (χ0v) is 21.8. The molecule has 0 spiro atoms. The van der Waals surface area contributed by atoms with Crippen molar-refractivity contribution in [3.63, 3.8) is 0 Å². The molecule has 0 aliphatic heterocycles. The number of nitrogens with zero attached hydrogens (tertiary/aromatic N) is 4. The van der Waals surface area contributed by atoms with E-state index in [0.717, 1.165) is 32.8 Å². The van der Waals surface area contributed by atoms with Crippen LogP contribution in [0.3, 0.4) is 0 Å². The Bertz CT molecular complexity index is 1810. The summed E-state index contributed by atoms with van der Waals surface area (Å²) in [5.41, 5.74) is 4.24. The Hall–Kier alpha value is -4.69. The van der Waals surface area contributed by atoms with Gasteiger partial charge in [0.15, 0.2) is 0 Å². The summed E-state index contributed by atoms with van der Waals surface area (Å²) in [6, 6.07) is 31.1. The minimum Gasteiger partial charge on any atom is -0.315 e. The van der Waals surface area contributed by atoms with Crippen LogP contribution in [-0.4, -0.2) is 25.1 Å². The van der Waals surface area contributed by atoms with Crippen LogP contribution in [0.1, 0.15) is 26.6 Å². The van der Waals surface area contributed by atoms with E-state index in [2.05, 4.69) is 10.4 Å². The molecule has 1 amide bonds. The SMILES string of the molecule is Cc1nn(-c2ccccc2)c2sc(C(=O)Nc3c(C)n(Cc4ccccc4)n(-c4ccccc4)c3=O)cc12. The van der Waals surface area contributed by atoms with Crippen molar-refractivity contribution >= 4 is 33.1 Å². The Balaban J connectivity index is 1.40. The van der Waals surface area contributed by atoms with E-state index < -0.39 is 0 Å². The highest BCUT2D eigenvalue weighted by molar-refractivity contribution is 7.20. The quantitative estimate of drug-likeness (QED) is 0.295. The molecule has 3 heterocycles. The average molecular weight is 520 g/mol. The van der Waals surface area contributed by atoms with Crippen molar-refractivity contribution in [1.82, 2.24) is 19.1 Å². The molecule has 0 fully saturated rings. The van der Waals surface area contributed by atoms with Gasteiger partial charge in [0.25, 0.3) is 11.5 Å². The van der Waals surface area contributed by atoms with Crippen LogP contribution in [0.25, 0.3) is 21.6 Å². The van der Waals surface area contributed by atoms with Crippen LogP contribution in [0.15, 0.2) is 102 Å². The number of thiophene rings is 1. The van der Waals surface area contributed by atoms with Crippen LogP contribution < -0.4 is 10.9 Å². The van der Waals surface area contributed by atoms with E-state index in [-0.39, 0.29) is 17.2 Å². The number of hydrogen-bond donors (Lipinski definition) is 1. The molecule has 0 atom stereocenters. The Morgan fingerprint density at radius 3 is 2.13 bits per heavy atom. The summed E-state index contributed by atoms with van der Waals surface area (Å²) in [5, 5.41) is 8.51. The van der Waals surface area contributed by atoms with Gasteiger partial charge in [0.2, 0.25) is 0 Å². The Morgan fingerprint density at radius 1 is 0.868 bits per heavy atom. The molecular weight excluding hydrogens is 494 g/mol. The van der Waals surface area contributed by atoms with Gasteiger partial charge in [0, 0.05) is 5.39 Å². The largest absolute Gasteiger partial charge is 0.315 e. The van der Waals surface area contributed by atoms with Gasteiger partial charge in [0.1, 0.15) is 10.5 Å². The smallest absolute Gasteiger partial charge is 0.295 e. The lowest BCUT2D eigenvalue weighted by atomic mass is 10.2. The van der Waals surface area contributed by atoms with E-state index in [0.29, 0.717) is 17.1 Å². The number of hydrogen-bond acceptors (Lipinski definition) is 4. The fraction of sp³-hybridized carbons (Fsp3) is 0.100. The van der Waals surface area contributed by atoms with Gasteiger partial charge in [0.05, 0.1) is 34.2 Å². The van der Waals surface area contributed by atoms with Crippen molar-refractivity contribution in [3.05, 3.63) is 129 Å². The van der Waals surface area contributed by atoms with Crippen molar-refractivity contribution < 1.29 is 4.79 Å². The number of para-hydroxylation sites is 2. The highest BCUT2D eigenvalue weighted by atomic mass is 32.1. The highest BCUT2D eigenvalue weighted by Gasteiger charge is 2.23. The molecule has 188 valence electrons. The summed E-state index contributed by atoms with van der Waals surface area (Å²) in [5.74, 6) is -0.317. The first kappa shape index (κ1) is 23.7. The molecule has 6 rings (SSSR count). The van der Waals surface area contributed by atoms with Crippen LogP contribution in [0.2, 0.25) is 0 Å². The molecule has 0 saturated heterocycles. The standard InChI is InChI=1S/C30H25N5O2S/c1-20-25-18-26(38-30(25)34(32-20)23-14-8-4-9-15-23)28(36)31-27-21(2)33(19-22-12-6-3-7-13-22)35(29(27)37)24-16-10-5-11-17-24/h3-18H,19H2,1-2H3,(H,31,36). The second kappa shape index (κ2) is 9.64. The molecule has 6 aromatic rings. The zero-order valence-electron chi connectivity index (χ0n) is 21.0. The van der Waals surface area contributed by atoms with Crippen molar-refractivity contribution in [3.8, 4) is 11.4 Å². The number of benzene rings is 3. The Kier molecular flexibility index (Phi) is 6.01. The third kappa shape index (κ3) is 4.14. The number of carbonyl (C=O) groups excluding carboxylic acids is 1. The van der Waals surface area contributed by atoms with Crippen molar-refractivity contribution in [2.75, 3.05) is 5.32 Å². The predicted molar refractivity (Wildman–Crippen MR) is 152 cm³/mol. The summed E-state index contributed by atoms with van der Waals surface area (Å²) < 4.78 is 5.39. The summed E-state index contributed by atoms with van der Waals surface area (Å²) in [6.45, 7) is 4.28. The Morgan fingerprint density at radius 2 is 1.47 bits per heavy atom. The molecule has 3 aromatic heterocycles. The maximum atomic E-state index is 13.7. The van der Waals surface area contributed by atoms with Crippen LogP contribution in [0, 0.1) is 13.8 Å². The molecule has 0 aliphatic carbocycles. The van der Waals surface area contributed by atoms with Gasteiger partial charge < -0.3 is 5.32 Å². The maximum absolute atomic E-state index is 13.7. The maximum Gasteiger partial charge on any atom is 0.295 e. The van der Waals surface area contributed by atoms with Gasteiger partial charge in [-0.15, -0.1) is 11.3 Å². The minimum atomic E-state index is -0.317. The lowest BCUT2D eigenvalue weighted by Gasteiger charge is -2.13. The first-order valence-electron chi connectivity index (χ1n) is 12.3. The number of aromatic nitrogens is 4. The van der Waals surface area contributed by atoms with E-state index in [4.69, 9.17) is 0 Å². The fourth-order valence-electron chi connectivity index (χ4n) is 4.64. The molecule has 8 heteroatoms. The first-order valence-corrected chi connectivity index (χ1v) is 13.1. The molecule has 1 N–H and O–H groups in total. The third-order valence-corrected chi connectivity index (χ3v) is 7.69. The average Bonchev–Trinajstić information content (AvgIpc) is 3.59. The number of nitrogens with one attached hydrogen (secondary N) is 1. The predicted octanol–water partition coefficient (Wildman–Crippen LogP) is 5.96. The second-order valence-electron chi connectivity index (χ2n) is 9.07. The number of amides is 1. The minimum absolute atomic E-state index is 0.272. The third-order valence-electron chi connectivity index (χ3n) is 6.58. The van der Waals surface area contributed by atoms with Crippen molar-refractivity contribution in [2.45, 2.75) is 20.4 Å². The van der Waals surface area contributed by atoms with Gasteiger partial charge in [-0.3, -0.25) is 14.3 Å². The highest BCUT2D eigenvalue weighted by Crippen LogP contribution is 2.31. The molecule has 0 aliphatic rings. The van der Waals surface area contributed by atoms with Gasteiger partial charge >= 0.3 is 0 Å². The summed E-state index contributed by atoms with van der Waals surface area (Å²) in [7, 11) is 0. The molecule has 0 radical (unpaired) electrons. The van der Waals surface area contributed by atoms with Crippen LogP contribution >= 0.6 is 11.3 Å². The monoisotopic (exact) mass is 519 g/mol. The number of aryl methyl sites for hydroxylation is 1. The van der Waals surface area contributed by atoms with Crippen LogP contribution in [-0.2, 0) is 6.54 Å². The van der Waals surface area contributed by atoms with E-state index in [1.54, 1.807) is 4.68 Å². The van der Waals surface area contributed by atoms with E-state index in [9.17, 15) is 9.59 Å². The van der Waals surface area contributed by atoms with E-state index in [1.165, 1.54) is 11.3 Å². The lowest BCUT2D eigenvalue weighted by molar-refractivity contribution is 0.103. The van der Waals surface area contributed by atoms with Gasteiger partial charge in [-0.05, 0) is 49.7 Å². The number of rotatable bonds is 6. The van der Waals surface area contributed by atoms with E-state index >= 15 is 0 Å². The van der Waals surface area contributed by atoms with Gasteiger partial charge in [-0.2, -0.15) is 5.10 Å². The summed E-state index contributed by atoms with van der Waals surface area (Å²) in [4.78, 5) is 28.6. The van der Waals surface area contributed by atoms with Gasteiger partial charge in [-0.1, -0.05) is 66.7 Å². The second-order valence-corrected chi connectivity index (χ2v) is 10.1. The van der Waals surface area contributed by atoms with E-state index in [1.807, 2.05) is 120 Å². The fourth-order valence-corrected chi connectivity index (χ4v) is 5.72. The molecule has 7 nitrogen and oxygen atoms in total. The topological polar surface area (TPSA) is 73.8 Å². The van der Waals surface area contributed by atoms with Crippen molar-refractivity contribution in [1.29, 1.82) is 0 Å². The molecule has 0 saturated carbocycles. The first-order chi connectivity index (χ1) is 18.5. The zero-order chi connectivity index (χ0) is 26.2. The number of fused-ring (bicyclic) bond motifs is 1. The molecule has 0 unspecified atom stereocenters. The lowest BCUT2D eigenvalue weighted by Crippen LogP contribution is -2.24. The van der Waals surface area contributed by atoms with Crippen molar-refractivity contribution in [2.24, 2.45) is 0 Å². The molecule has 0 bridgehead atoms. The number of carbonyl (C=O) groups is 1. The van der Waals surface area contributed by atoms with Crippen LogP contribution in [0.5, 0.6) is 0 Å². The van der Waals surface area contributed by atoms with Crippen LogP contribution in [0.4, 0.5) is 5.69 Å². The molecule has 3 aromatic carbocycles. The number of anilines is 1. The van der Waals surface area contributed by atoms with Gasteiger partial charge in [-0.25, -0.2) is 9.36 Å².